The highest BCUT2D eigenvalue weighted by Gasteiger charge is 2.23. The zero-order chi connectivity index (χ0) is 43.0. The second-order valence-corrected chi connectivity index (χ2v) is 16.3. The van der Waals surface area contributed by atoms with Gasteiger partial charge in [-0.15, -0.1) is 0 Å². The maximum atomic E-state index is 11.0. The van der Waals surface area contributed by atoms with Crippen LogP contribution in [0.25, 0.3) is 122 Å². The van der Waals surface area contributed by atoms with Gasteiger partial charge in [-0.1, -0.05) is 133 Å². The molecule has 0 saturated carbocycles. The van der Waals surface area contributed by atoms with Crippen LogP contribution in [0, 0.1) is 11.3 Å². The van der Waals surface area contributed by atoms with Crippen LogP contribution in [0.15, 0.2) is 211 Å². The Bertz CT molecular complexity index is 4070. The number of para-hydroxylation sites is 3. The molecule has 0 aliphatic carbocycles. The van der Waals surface area contributed by atoms with E-state index in [2.05, 4.69) is 137 Å². The Balaban J connectivity index is 0.995. The van der Waals surface area contributed by atoms with Gasteiger partial charge in [-0.05, 0) is 77.9 Å². The average Bonchev–Trinajstić information content (AvgIpc) is 4.03. The third kappa shape index (κ3) is 5.78. The summed E-state index contributed by atoms with van der Waals surface area (Å²) in [4.78, 5) is 15.1. The van der Waals surface area contributed by atoms with Crippen molar-refractivity contribution in [2.24, 2.45) is 0 Å². The van der Waals surface area contributed by atoms with Gasteiger partial charge < -0.3 is 13.6 Å². The van der Waals surface area contributed by atoms with E-state index >= 15 is 0 Å². The van der Waals surface area contributed by atoms with Gasteiger partial charge in [0.05, 0.1) is 33.3 Å². The number of nitriles is 1. The number of fused-ring (bicyclic) bond motifs is 10. The Morgan fingerprint density at radius 2 is 0.969 bits per heavy atom. The van der Waals surface area contributed by atoms with E-state index in [0.29, 0.717) is 28.6 Å². The van der Waals surface area contributed by atoms with Gasteiger partial charge in [0, 0.05) is 60.8 Å². The molecule has 4 heterocycles. The van der Waals surface area contributed by atoms with Crippen molar-refractivity contribution < 1.29 is 4.42 Å². The zero-order valence-corrected chi connectivity index (χ0v) is 34.7. The molecule has 0 amide bonds. The van der Waals surface area contributed by atoms with E-state index in [0.717, 1.165) is 93.8 Å². The van der Waals surface area contributed by atoms with Crippen molar-refractivity contribution in [3.63, 3.8) is 0 Å². The normalized spacial score (nSPS) is 11.7. The highest BCUT2D eigenvalue weighted by molar-refractivity contribution is 6.29. The van der Waals surface area contributed by atoms with Gasteiger partial charge in [0.25, 0.3) is 0 Å². The van der Waals surface area contributed by atoms with Crippen LogP contribution in [0.2, 0.25) is 0 Å². The van der Waals surface area contributed by atoms with Gasteiger partial charge in [0.15, 0.2) is 17.5 Å². The minimum atomic E-state index is 0.482. The molecule has 9 aromatic carbocycles. The summed E-state index contributed by atoms with van der Waals surface area (Å²) in [5, 5.41) is 17.5. The summed E-state index contributed by atoms with van der Waals surface area (Å²) in [6, 6.07) is 73.1. The number of rotatable bonds is 6. The zero-order valence-electron chi connectivity index (χ0n) is 34.7. The molecule has 13 rings (SSSR count). The van der Waals surface area contributed by atoms with Crippen molar-refractivity contribution in [2.45, 2.75) is 0 Å². The fourth-order valence-electron chi connectivity index (χ4n) is 9.68. The van der Waals surface area contributed by atoms with Crippen LogP contribution >= 0.6 is 0 Å². The molecule has 302 valence electrons. The molecular weight excluding hydrogens is 797 g/mol. The summed E-state index contributed by atoms with van der Waals surface area (Å²) < 4.78 is 11.3. The fourth-order valence-corrected chi connectivity index (χ4v) is 9.68. The summed E-state index contributed by atoms with van der Waals surface area (Å²) in [6.07, 6.45) is 0. The quantitative estimate of drug-likeness (QED) is 0.167. The molecule has 0 aliphatic rings. The van der Waals surface area contributed by atoms with Gasteiger partial charge in [0.1, 0.15) is 17.2 Å². The lowest BCUT2D eigenvalue weighted by molar-refractivity contribution is 0.669. The second kappa shape index (κ2) is 14.5. The largest absolute Gasteiger partial charge is 0.456 e. The number of nitrogens with zero attached hydrogens (tertiary/aromatic N) is 6. The standard InChI is InChI=1S/C58H34N6O/c59-35-41-32-40(58-61-56(37-17-6-2-7-18-37)60-57(62-58)39-20-14-19-38(31-39)36-15-4-1-5-16-36)27-28-47(41)64-49-26-13-11-24-44(49)54-50(64)29-30-52-55(54)46-33-45-43-23-10-12-25-48(43)63(42-21-8-3-9-22-42)51(45)34-53(46)65-52/h1-34H. The fraction of sp³-hybridized carbons (Fsp3) is 0. The molecule has 0 unspecified atom stereocenters. The molecule has 0 N–H and O–H groups in total. The molecule has 0 atom stereocenters. The molecule has 4 aromatic heterocycles. The van der Waals surface area contributed by atoms with Crippen LogP contribution < -0.4 is 0 Å². The highest BCUT2D eigenvalue weighted by atomic mass is 16.3. The minimum absolute atomic E-state index is 0.482. The van der Waals surface area contributed by atoms with Crippen molar-refractivity contribution in [1.29, 1.82) is 5.26 Å². The molecule has 0 bridgehead atoms. The molecule has 0 saturated heterocycles. The summed E-state index contributed by atoms with van der Waals surface area (Å²) in [5.41, 5.74) is 12.8. The van der Waals surface area contributed by atoms with Crippen molar-refractivity contribution in [3.05, 3.63) is 212 Å². The van der Waals surface area contributed by atoms with Crippen LogP contribution in [-0.4, -0.2) is 24.1 Å². The average molecular weight is 831 g/mol. The molecule has 0 spiro atoms. The topological polar surface area (TPSA) is 85.5 Å². The van der Waals surface area contributed by atoms with Crippen molar-refractivity contribution >= 4 is 65.6 Å². The second-order valence-electron chi connectivity index (χ2n) is 16.3. The van der Waals surface area contributed by atoms with E-state index in [4.69, 9.17) is 19.4 Å². The van der Waals surface area contributed by atoms with Crippen LogP contribution in [0.1, 0.15) is 5.56 Å². The lowest BCUT2D eigenvalue weighted by atomic mass is 10.0. The van der Waals surface area contributed by atoms with Crippen molar-refractivity contribution in [1.82, 2.24) is 24.1 Å². The van der Waals surface area contributed by atoms with Crippen molar-refractivity contribution in [2.75, 3.05) is 0 Å². The third-order valence-corrected chi connectivity index (χ3v) is 12.6. The van der Waals surface area contributed by atoms with E-state index in [9.17, 15) is 5.26 Å². The first-order valence-corrected chi connectivity index (χ1v) is 21.6. The summed E-state index contributed by atoms with van der Waals surface area (Å²) >= 11 is 0. The minimum Gasteiger partial charge on any atom is -0.456 e. The Hall–Kier alpha value is -9.12. The van der Waals surface area contributed by atoms with Gasteiger partial charge in [-0.2, -0.15) is 5.26 Å². The smallest absolute Gasteiger partial charge is 0.164 e. The van der Waals surface area contributed by atoms with Crippen LogP contribution in [0.4, 0.5) is 0 Å². The van der Waals surface area contributed by atoms with E-state index in [-0.39, 0.29) is 0 Å². The van der Waals surface area contributed by atoms with Crippen LogP contribution in [0.3, 0.4) is 0 Å². The lowest BCUT2D eigenvalue weighted by Gasteiger charge is -2.13. The predicted octanol–water partition coefficient (Wildman–Crippen LogP) is 14.5. The Morgan fingerprint density at radius 1 is 0.369 bits per heavy atom. The number of furan rings is 1. The maximum Gasteiger partial charge on any atom is 0.164 e. The molecule has 65 heavy (non-hydrogen) atoms. The van der Waals surface area contributed by atoms with Gasteiger partial charge in [-0.25, -0.2) is 15.0 Å². The first-order chi connectivity index (χ1) is 32.2. The van der Waals surface area contributed by atoms with Crippen LogP contribution in [0.5, 0.6) is 0 Å². The Kier molecular flexibility index (Phi) is 8.14. The van der Waals surface area contributed by atoms with Gasteiger partial charge in [0.2, 0.25) is 0 Å². The summed E-state index contributed by atoms with van der Waals surface area (Å²) in [6.45, 7) is 0. The lowest BCUT2D eigenvalue weighted by Crippen LogP contribution is -2.02. The molecular formula is C58H34N6O. The first kappa shape index (κ1) is 36.5. The summed E-state index contributed by atoms with van der Waals surface area (Å²) in [7, 11) is 0. The van der Waals surface area contributed by atoms with Gasteiger partial charge in [-0.3, -0.25) is 0 Å². The first-order valence-electron chi connectivity index (χ1n) is 21.6. The molecule has 0 aliphatic heterocycles. The Labute approximate surface area is 372 Å². The maximum absolute atomic E-state index is 11.0. The molecule has 13 aromatic rings. The Morgan fingerprint density at radius 3 is 1.71 bits per heavy atom. The number of hydrogen-bond donors (Lipinski definition) is 0. The van der Waals surface area contributed by atoms with Gasteiger partial charge >= 0.3 is 0 Å². The van der Waals surface area contributed by atoms with Crippen molar-refractivity contribution in [3.8, 4) is 62.7 Å². The molecule has 7 nitrogen and oxygen atoms in total. The molecule has 0 radical (unpaired) electrons. The van der Waals surface area contributed by atoms with E-state index < -0.39 is 0 Å². The third-order valence-electron chi connectivity index (χ3n) is 12.6. The van der Waals surface area contributed by atoms with E-state index in [1.165, 1.54) is 5.39 Å². The molecule has 0 fully saturated rings. The van der Waals surface area contributed by atoms with E-state index in [1.54, 1.807) is 0 Å². The monoisotopic (exact) mass is 830 g/mol. The number of benzene rings is 9. The summed E-state index contributed by atoms with van der Waals surface area (Å²) in [5.74, 6) is 1.59. The number of hydrogen-bond acceptors (Lipinski definition) is 5. The highest BCUT2D eigenvalue weighted by Crippen LogP contribution is 2.44. The van der Waals surface area contributed by atoms with Crippen LogP contribution in [-0.2, 0) is 0 Å². The number of aromatic nitrogens is 5. The van der Waals surface area contributed by atoms with E-state index in [1.807, 2.05) is 84.9 Å². The predicted molar refractivity (Wildman–Crippen MR) is 262 cm³/mol. The SMILES string of the molecule is N#Cc1cc(-c2nc(-c3ccccc3)nc(-c3cccc(-c4ccccc4)c3)n2)ccc1-n1c2ccccc2c2c3c(ccc21)oc1cc2c(cc13)c1ccccc1n2-c1ccccc1. The molecule has 7 heteroatoms.